The molecule has 7 heteroatoms. The van der Waals surface area contributed by atoms with Crippen molar-refractivity contribution in [1.82, 2.24) is 14.8 Å². The van der Waals surface area contributed by atoms with Crippen molar-refractivity contribution < 1.29 is 19.1 Å². The summed E-state index contributed by atoms with van der Waals surface area (Å²) in [7, 11) is 0. The van der Waals surface area contributed by atoms with Crippen molar-refractivity contribution in [3.8, 4) is 0 Å². The number of benzene rings is 1. The van der Waals surface area contributed by atoms with Crippen LogP contribution in [0.2, 0.25) is 0 Å². The number of hydrogen-bond acceptors (Lipinski definition) is 6. The maximum absolute atomic E-state index is 13.0. The Balaban J connectivity index is 1.47. The molecule has 3 heterocycles. The van der Waals surface area contributed by atoms with Crippen LogP contribution in [0, 0.1) is 0 Å². The van der Waals surface area contributed by atoms with Gasteiger partial charge in [0.05, 0.1) is 25.8 Å². The van der Waals surface area contributed by atoms with Crippen molar-refractivity contribution in [2.45, 2.75) is 32.4 Å². The maximum atomic E-state index is 13.0. The Bertz CT molecular complexity index is 961. The van der Waals surface area contributed by atoms with Crippen molar-refractivity contribution >= 4 is 5.91 Å². The third-order valence-corrected chi connectivity index (χ3v) is 5.27. The van der Waals surface area contributed by atoms with Gasteiger partial charge in [0.25, 0.3) is 0 Å². The van der Waals surface area contributed by atoms with Gasteiger partial charge in [0.1, 0.15) is 18.1 Å². The SMILES string of the molecule is O=C1CN(Cc2ccc(CO)o2)C[C@H](OCc2ccccc2)CN1Cc1cccnc1. The smallest absolute Gasteiger partial charge is 0.237 e. The molecule has 1 aliphatic heterocycles. The van der Waals surface area contributed by atoms with E-state index < -0.39 is 0 Å². The summed E-state index contributed by atoms with van der Waals surface area (Å²) >= 11 is 0. The third kappa shape index (κ3) is 6.01. The highest BCUT2D eigenvalue weighted by Crippen LogP contribution is 2.17. The quantitative estimate of drug-likeness (QED) is 0.602. The highest BCUT2D eigenvalue weighted by atomic mass is 16.5. The van der Waals surface area contributed by atoms with Crippen LogP contribution in [0.4, 0.5) is 0 Å². The maximum Gasteiger partial charge on any atom is 0.237 e. The van der Waals surface area contributed by atoms with Gasteiger partial charge in [-0.3, -0.25) is 14.7 Å². The van der Waals surface area contributed by atoms with E-state index in [2.05, 4.69) is 4.98 Å². The second-order valence-electron chi connectivity index (χ2n) is 7.75. The van der Waals surface area contributed by atoms with Crippen LogP contribution in [-0.4, -0.2) is 51.5 Å². The molecule has 1 aliphatic rings. The second kappa shape index (κ2) is 10.3. The molecular formula is C24H27N3O4. The zero-order valence-corrected chi connectivity index (χ0v) is 17.4. The van der Waals surface area contributed by atoms with Crippen molar-refractivity contribution in [1.29, 1.82) is 0 Å². The van der Waals surface area contributed by atoms with Crippen LogP contribution in [0.3, 0.4) is 0 Å². The number of aromatic nitrogens is 1. The Labute approximate surface area is 181 Å². The van der Waals surface area contributed by atoms with E-state index in [1.165, 1.54) is 0 Å². The van der Waals surface area contributed by atoms with Gasteiger partial charge in [0, 0.05) is 32.0 Å². The minimum Gasteiger partial charge on any atom is -0.462 e. The molecule has 3 aromatic rings. The average Bonchev–Trinajstić information content (AvgIpc) is 3.19. The van der Waals surface area contributed by atoms with Crippen LogP contribution < -0.4 is 0 Å². The van der Waals surface area contributed by atoms with Gasteiger partial charge >= 0.3 is 0 Å². The van der Waals surface area contributed by atoms with E-state index in [9.17, 15) is 9.90 Å². The molecule has 31 heavy (non-hydrogen) atoms. The second-order valence-corrected chi connectivity index (χ2v) is 7.75. The monoisotopic (exact) mass is 421 g/mol. The summed E-state index contributed by atoms with van der Waals surface area (Å²) in [5, 5.41) is 9.25. The lowest BCUT2D eigenvalue weighted by atomic mass is 10.2. The molecule has 2 aromatic heterocycles. The molecule has 0 bridgehead atoms. The van der Waals surface area contributed by atoms with Crippen molar-refractivity contribution in [3.05, 3.63) is 89.6 Å². The molecule has 162 valence electrons. The van der Waals surface area contributed by atoms with E-state index in [-0.39, 0.29) is 25.2 Å². The first-order valence-electron chi connectivity index (χ1n) is 10.4. The fourth-order valence-corrected chi connectivity index (χ4v) is 3.74. The molecule has 1 fully saturated rings. The molecule has 0 radical (unpaired) electrons. The van der Waals surface area contributed by atoms with Gasteiger partial charge in [0.2, 0.25) is 5.91 Å². The van der Waals surface area contributed by atoms with Gasteiger partial charge in [-0.15, -0.1) is 0 Å². The molecular weight excluding hydrogens is 394 g/mol. The minimum absolute atomic E-state index is 0.0450. The van der Waals surface area contributed by atoms with Crippen LogP contribution in [0.1, 0.15) is 22.6 Å². The lowest BCUT2D eigenvalue weighted by Crippen LogP contribution is -2.37. The Morgan fingerprint density at radius 2 is 1.81 bits per heavy atom. The van der Waals surface area contributed by atoms with E-state index in [1.807, 2.05) is 58.3 Å². The summed E-state index contributed by atoms with van der Waals surface area (Å²) < 4.78 is 11.9. The molecule has 0 unspecified atom stereocenters. The predicted molar refractivity (Wildman–Crippen MR) is 115 cm³/mol. The van der Waals surface area contributed by atoms with Crippen molar-refractivity contribution in [2.75, 3.05) is 19.6 Å². The van der Waals surface area contributed by atoms with Crippen LogP contribution in [0.25, 0.3) is 0 Å². The number of furan rings is 1. The van der Waals surface area contributed by atoms with Gasteiger partial charge in [-0.05, 0) is 29.3 Å². The fourth-order valence-electron chi connectivity index (χ4n) is 3.74. The molecule has 0 saturated carbocycles. The Hall–Kier alpha value is -3.00. The summed E-state index contributed by atoms with van der Waals surface area (Å²) in [6, 6.07) is 17.5. The van der Waals surface area contributed by atoms with Crippen LogP contribution in [0.15, 0.2) is 71.4 Å². The standard InChI is InChI=1S/C24H27N3O4/c28-17-22-9-8-21(31-22)13-26-14-23(30-18-19-5-2-1-3-6-19)15-27(24(29)16-26)12-20-7-4-10-25-11-20/h1-11,23,28H,12-18H2/t23-/m0/s1. The van der Waals surface area contributed by atoms with E-state index >= 15 is 0 Å². The van der Waals surface area contributed by atoms with Crippen LogP contribution >= 0.6 is 0 Å². The molecule has 7 nitrogen and oxygen atoms in total. The summed E-state index contributed by atoms with van der Waals surface area (Å²) in [6.07, 6.45) is 3.37. The first-order valence-corrected chi connectivity index (χ1v) is 10.4. The Morgan fingerprint density at radius 3 is 2.55 bits per heavy atom. The minimum atomic E-state index is -0.143. The number of aliphatic hydroxyl groups is 1. The number of rotatable bonds is 8. The molecule has 0 spiro atoms. The van der Waals surface area contributed by atoms with Gasteiger partial charge < -0.3 is 19.2 Å². The lowest BCUT2D eigenvalue weighted by molar-refractivity contribution is -0.132. The number of aliphatic hydroxyl groups excluding tert-OH is 1. The molecule has 4 rings (SSSR count). The van der Waals surface area contributed by atoms with Gasteiger partial charge in [-0.25, -0.2) is 0 Å². The first kappa shape index (κ1) is 21.2. The first-order chi connectivity index (χ1) is 15.2. The summed E-state index contributed by atoms with van der Waals surface area (Å²) in [5.41, 5.74) is 2.09. The molecule has 1 atom stereocenters. The van der Waals surface area contributed by atoms with Crippen LogP contribution in [0.5, 0.6) is 0 Å². The summed E-state index contributed by atoms with van der Waals surface area (Å²) in [5.74, 6) is 1.29. The fraction of sp³-hybridized carbons (Fsp3) is 0.333. The molecule has 1 N–H and O–H groups in total. The van der Waals surface area contributed by atoms with Crippen molar-refractivity contribution in [3.63, 3.8) is 0 Å². The van der Waals surface area contributed by atoms with Gasteiger partial charge in [0.15, 0.2) is 0 Å². The largest absolute Gasteiger partial charge is 0.462 e. The predicted octanol–water partition coefficient (Wildman–Crippen LogP) is 2.60. The number of carbonyl (C=O) groups excluding carboxylic acids is 1. The number of nitrogens with zero attached hydrogens (tertiary/aromatic N) is 3. The van der Waals surface area contributed by atoms with E-state index in [1.54, 1.807) is 18.5 Å². The van der Waals surface area contributed by atoms with Crippen LogP contribution in [-0.2, 0) is 35.8 Å². The van der Waals surface area contributed by atoms with E-state index in [4.69, 9.17) is 9.15 Å². The molecule has 1 amide bonds. The molecule has 1 saturated heterocycles. The number of pyridine rings is 1. The van der Waals surface area contributed by atoms with Crippen molar-refractivity contribution in [2.24, 2.45) is 0 Å². The van der Waals surface area contributed by atoms with Gasteiger partial charge in [-0.2, -0.15) is 0 Å². The Morgan fingerprint density at radius 1 is 1.00 bits per heavy atom. The van der Waals surface area contributed by atoms with Gasteiger partial charge in [-0.1, -0.05) is 36.4 Å². The molecule has 1 aromatic carbocycles. The number of amides is 1. The number of hydrogen-bond donors (Lipinski definition) is 1. The average molecular weight is 421 g/mol. The summed E-state index contributed by atoms with van der Waals surface area (Å²) in [6.45, 7) is 2.73. The summed E-state index contributed by atoms with van der Waals surface area (Å²) in [4.78, 5) is 21.1. The normalized spacial score (nSPS) is 17.6. The number of ether oxygens (including phenoxy) is 1. The molecule has 0 aliphatic carbocycles. The highest BCUT2D eigenvalue weighted by molar-refractivity contribution is 5.78. The zero-order valence-electron chi connectivity index (χ0n) is 17.4. The third-order valence-electron chi connectivity index (χ3n) is 5.27. The topological polar surface area (TPSA) is 79.0 Å². The highest BCUT2D eigenvalue weighted by Gasteiger charge is 2.29. The zero-order chi connectivity index (χ0) is 21.5. The van der Waals surface area contributed by atoms with E-state index in [0.29, 0.717) is 38.5 Å². The lowest BCUT2D eigenvalue weighted by Gasteiger charge is -2.25. The van der Waals surface area contributed by atoms with E-state index in [0.717, 1.165) is 16.9 Å². The Kier molecular flexibility index (Phi) is 7.09. The number of carbonyl (C=O) groups is 1.